The van der Waals surface area contributed by atoms with Crippen LogP contribution in [0.2, 0.25) is 10.0 Å². The van der Waals surface area contributed by atoms with Crippen LogP contribution < -0.4 is 15.2 Å². The molecule has 1 atom stereocenters. The first-order chi connectivity index (χ1) is 13.5. The number of ether oxygens (including phenoxy) is 1. The van der Waals surface area contributed by atoms with Gasteiger partial charge in [0.25, 0.3) is 5.56 Å². The second-order valence-corrected chi connectivity index (χ2v) is 7.02. The molecular formula is C18H14Cl2FN5O2. The molecule has 0 amide bonds. The minimum Gasteiger partial charge on any atom is -0.437 e. The smallest absolute Gasteiger partial charge is 0.285 e. The van der Waals surface area contributed by atoms with Gasteiger partial charge in [0.1, 0.15) is 22.9 Å². The second kappa shape index (κ2) is 7.37. The van der Waals surface area contributed by atoms with Crippen LogP contribution in [0.1, 0.15) is 24.2 Å². The lowest BCUT2D eigenvalue weighted by molar-refractivity contribution is 0.443. The molecule has 144 valence electrons. The number of anilines is 1. The van der Waals surface area contributed by atoms with E-state index in [1.54, 1.807) is 0 Å². The van der Waals surface area contributed by atoms with Crippen molar-refractivity contribution in [3.63, 3.8) is 0 Å². The summed E-state index contributed by atoms with van der Waals surface area (Å²) in [6, 6.07) is 3.70. The summed E-state index contributed by atoms with van der Waals surface area (Å²) in [5.74, 6) is 0.218. The number of nitrogens with one attached hydrogen (secondary N) is 1. The molecule has 28 heavy (non-hydrogen) atoms. The number of H-pyrrole nitrogens is 1. The topological polar surface area (TPSA) is 84.0 Å². The number of hydrogen-bond donors (Lipinski definition) is 1. The lowest BCUT2D eigenvalue weighted by atomic mass is 9.99. The number of fused-ring (bicyclic) bond motifs is 1. The Balaban J connectivity index is 1.69. The molecule has 0 spiro atoms. The third-order valence-corrected chi connectivity index (χ3v) is 5.25. The molecule has 7 nitrogen and oxygen atoms in total. The molecule has 0 unspecified atom stereocenters. The predicted molar refractivity (Wildman–Crippen MR) is 103 cm³/mol. The number of nitrogens with zero attached hydrogens (tertiary/aromatic N) is 4. The molecule has 1 aromatic carbocycles. The molecule has 1 aliphatic heterocycles. The highest BCUT2D eigenvalue weighted by Gasteiger charge is 2.30. The number of aromatic nitrogens is 4. The molecule has 1 aliphatic rings. The Morgan fingerprint density at radius 2 is 2.14 bits per heavy atom. The monoisotopic (exact) mass is 421 g/mol. The van der Waals surface area contributed by atoms with Gasteiger partial charge in [0.2, 0.25) is 5.88 Å². The van der Waals surface area contributed by atoms with Crippen LogP contribution in [-0.4, -0.2) is 26.7 Å². The van der Waals surface area contributed by atoms with Crippen molar-refractivity contribution in [1.82, 2.24) is 20.2 Å². The Morgan fingerprint density at radius 3 is 2.93 bits per heavy atom. The van der Waals surface area contributed by atoms with Crippen LogP contribution in [-0.2, 0) is 6.42 Å². The highest BCUT2D eigenvalue weighted by molar-refractivity contribution is 6.33. The summed E-state index contributed by atoms with van der Waals surface area (Å²) in [5, 5.41) is 6.37. The van der Waals surface area contributed by atoms with Crippen molar-refractivity contribution in [1.29, 1.82) is 0 Å². The zero-order valence-corrected chi connectivity index (χ0v) is 16.1. The number of rotatable bonds is 3. The van der Waals surface area contributed by atoms with Crippen molar-refractivity contribution in [2.45, 2.75) is 19.4 Å². The highest BCUT2D eigenvalue weighted by atomic mass is 35.5. The van der Waals surface area contributed by atoms with Crippen LogP contribution in [0.4, 0.5) is 10.1 Å². The SMILES string of the molecule is C[C@@H]1c2ncnc(Oc3ccc(F)cc3Cl)c2CCN1c1cn[nH]c(=O)c1Cl. The van der Waals surface area contributed by atoms with E-state index in [0.29, 0.717) is 30.3 Å². The molecule has 4 rings (SSSR count). The van der Waals surface area contributed by atoms with Crippen LogP contribution in [0, 0.1) is 5.82 Å². The van der Waals surface area contributed by atoms with Crippen molar-refractivity contribution < 1.29 is 9.13 Å². The van der Waals surface area contributed by atoms with Gasteiger partial charge in [-0.3, -0.25) is 4.79 Å². The lowest BCUT2D eigenvalue weighted by Crippen LogP contribution is -2.36. The molecular weight excluding hydrogens is 408 g/mol. The number of hydrogen-bond acceptors (Lipinski definition) is 6. The summed E-state index contributed by atoms with van der Waals surface area (Å²) < 4.78 is 19.1. The summed E-state index contributed by atoms with van der Waals surface area (Å²) in [6.07, 6.45) is 3.46. The summed E-state index contributed by atoms with van der Waals surface area (Å²) in [6.45, 7) is 2.50. The van der Waals surface area contributed by atoms with Gasteiger partial charge in [-0.2, -0.15) is 5.10 Å². The van der Waals surface area contributed by atoms with E-state index in [1.165, 1.54) is 30.7 Å². The zero-order chi connectivity index (χ0) is 19.8. The standard InChI is InChI=1S/C18H14Cl2FN5O2/c1-9-16-11(4-5-26(9)13-7-24-25-17(27)15(13)20)18(23-8-22-16)28-14-3-2-10(21)6-12(14)19/h2-3,6-9H,4-5H2,1H3,(H,25,27)/t9-/m1/s1. The fraction of sp³-hybridized carbons (Fsp3) is 0.222. The number of benzene rings is 1. The first-order valence-electron chi connectivity index (χ1n) is 8.42. The molecule has 0 saturated carbocycles. The average molecular weight is 422 g/mol. The first-order valence-corrected chi connectivity index (χ1v) is 9.17. The van der Waals surface area contributed by atoms with E-state index in [2.05, 4.69) is 20.2 Å². The van der Waals surface area contributed by atoms with Crippen molar-refractivity contribution in [3.8, 4) is 11.6 Å². The van der Waals surface area contributed by atoms with Gasteiger partial charge in [0.15, 0.2) is 0 Å². The summed E-state index contributed by atoms with van der Waals surface area (Å²) in [4.78, 5) is 22.3. The van der Waals surface area contributed by atoms with Gasteiger partial charge in [0, 0.05) is 12.1 Å². The summed E-state index contributed by atoms with van der Waals surface area (Å²) >= 11 is 12.2. The summed E-state index contributed by atoms with van der Waals surface area (Å²) in [5.41, 5.74) is 1.65. The molecule has 10 heteroatoms. The molecule has 0 radical (unpaired) electrons. The third-order valence-electron chi connectivity index (χ3n) is 4.59. The van der Waals surface area contributed by atoms with E-state index >= 15 is 0 Å². The molecule has 3 aromatic rings. The normalized spacial score (nSPS) is 16.0. The van der Waals surface area contributed by atoms with E-state index in [0.717, 1.165) is 11.3 Å². The fourth-order valence-electron chi connectivity index (χ4n) is 3.23. The van der Waals surface area contributed by atoms with Gasteiger partial charge in [-0.25, -0.2) is 19.5 Å². The molecule has 3 heterocycles. The van der Waals surface area contributed by atoms with Gasteiger partial charge in [-0.05, 0) is 31.5 Å². The Labute approximate surface area is 169 Å². The largest absolute Gasteiger partial charge is 0.437 e. The Bertz CT molecular complexity index is 1110. The number of aromatic amines is 1. The molecule has 0 saturated heterocycles. The van der Waals surface area contributed by atoms with Gasteiger partial charge >= 0.3 is 0 Å². The maximum absolute atomic E-state index is 13.3. The van der Waals surface area contributed by atoms with Gasteiger partial charge < -0.3 is 9.64 Å². The lowest BCUT2D eigenvalue weighted by Gasteiger charge is -2.36. The maximum Gasteiger partial charge on any atom is 0.285 e. The quantitative estimate of drug-likeness (QED) is 0.689. The first kappa shape index (κ1) is 18.6. The van der Waals surface area contributed by atoms with Crippen LogP contribution >= 0.6 is 23.2 Å². The van der Waals surface area contributed by atoms with Crippen LogP contribution in [0.15, 0.2) is 35.5 Å². The second-order valence-electron chi connectivity index (χ2n) is 6.24. The molecule has 0 bridgehead atoms. The molecule has 2 aromatic heterocycles. The van der Waals surface area contributed by atoms with Gasteiger partial charge in [-0.1, -0.05) is 23.2 Å². The van der Waals surface area contributed by atoms with Crippen molar-refractivity contribution >= 4 is 28.9 Å². The van der Waals surface area contributed by atoms with E-state index in [9.17, 15) is 9.18 Å². The molecule has 0 aliphatic carbocycles. The van der Waals surface area contributed by atoms with Crippen LogP contribution in [0.3, 0.4) is 0 Å². The van der Waals surface area contributed by atoms with E-state index < -0.39 is 11.4 Å². The highest BCUT2D eigenvalue weighted by Crippen LogP contribution is 2.38. The van der Waals surface area contributed by atoms with Gasteiger partial charge in [0.05, 0.1) is 28.6 Å². The molecule has 1 N–H and O–H groups in total. The minimum absolute atomic E-state index is 0.0777. The third kappa shape index (κ3) is 3.29. The summed E-state index contributed by atoms with van der Waals surface area (Å²) in [7, 11) is 0. The van der Waals surface area contributed by atoms with Crippen LogP contribution in [0.5, 0.6) is 11.6 Å². The predicted octanol–water partition coefficient (Wildman–Crippen LogP) is 3.92. The van der Waals surface area contributed by atoms with E-state index in [4.69, 9.17) is 27.9 Å². The van der Waals surface area contributed by atoms with Crippen molar-refractivity contribution in [2.75, 3.05) is 11.4 Å². The molecule has 0 fully saturated rings. The van der Waals surface area contributed by atoms with Crippen molar-refractivity contribution in [2.24, 2.45) is 0 Å². The van der Waals surface area contributed by atoms with E-state index in [1.807, 2.05) is 11.8 Å². The van der Waals surface area contributed by atoms with E-state index in [-0.39, 0.29) is 16.1 Å². The number of halogens is 3. The minimum atomic E-state index is -0.449. The Kier molecular flexibility index (Phi) is 4.91. The Hall–Kier alpha value is -2.71. The average Bonchev–Trinajstić information content (AvgIpc) is 2.67. The van der Waals surface area contributed by atoms with Crippen LogP contribution in [0.25, 0.3) is 0 Å². The maximum atomic E-state index is 13.3. The van der Waals surface area contributed by atoms with Crippen molar-refractivity contribution in [3.05, 3.63) is 68.2 Å². The van der Waals surface area contributed by atoms with Gasteiger partial charge in [-0.15, -0.1) is 0 Å². The fourth-order valence-corrected chi connectivity index (χ4v) is 3.64. The zero-order valence-electron chi connectivity index (χ0n) is 14.6. The Morgan fingerprint density at radius 1 is 1.32 bits per heavy atom.